The van der Waals surface area contributed by atoms with Crippen LogP contribution in [0.1, 0.15) is 29.6 Å². The van der Waals surface area contributed by atoms with E-state index in [1.807, 2.05) is 0 Å². The van der Waals surface area contributed by atoms with Gasteiger partial charge in [0.1, 0.15) is 12.0 Å². The molecule has 1 aliphatic heterocycles. The molecule has 0 aliphatic carbocycles. The number of rotatable bonds is 7. The lowest BCUT2D eigenvalue weighted by atomic mass is 10.1. The maximum absolute atomic E-state index is 12.1. The molecule has 0 aromatic carbocycles. The van der Waals surface area contributed by atoms with Gasteiger partial charge >= 0.3 is 0 Å². The van der Waals surface area contributed by atoms with Crippen molar-refractivity contribution in [1.29, 1.82) is 0 Å². The molecule has 0 radical (unpaired) electrons. The van der Waals surface area contributed by atoms with Crippen LogP contribution >= 0.6 is 0 Å². The summed E-state index contributed by atoms with van der Waals surface area (Å²) in [6.45, 7) is 4.00. The molecule has 1 saturated heterocycles. The molecule has 3 heterocycles. The van der Waals surface area contributed by atoms with Crippen LogP contribution in [-0.4, -0.2) is 51.9 Å². The lowest BCUT2D eigenvalue weighted by Crippen LogP contribution is -2.34. The molecule has 2 aromatic rings. The van der Waals surface area contributed by atoms with Gasteiger partial charge in [0.05, 0.1) is 0 Å². The van der Waals surface area contributed by atoms with E-state index in [4.69, 9.17) is 5.73 Å². The van der Waals surface area contributed by atoms with Crippen LogP contribution in [0.5, 0.6) is 0 Å². The summed E-state index contributed by atoms with van der Waals surface area (Å²) in [6.07, 6.45) is 8.36. The second kappa shape index (κ2) is 8.95. The predicted octanol–water partition coefficient (Wildman–Crippen LogP) is 1.11. The van der Waals surface area contributed by atoms with Gasteiger partial charge in [-0.2, -0.15) is 0 Å². The number of nitrogens with two attached hydrogens (primary N) is 1. The third-order valence-corrected chi connectivity index (χ3v) is 4.29. The first-order valence-electron chi connectivity index (χ1n) is 8.77. The highest BCUT2D eigenvalue weighted by molar-refractivity contribution is 5.95. The minimum Gasteiger partial charge on any atom is -0.393 e. The molecule has 0 saturated carbocycles. The maximum atomic E-state index is 12.1. The van der Waals surface area contributed by atoms with Gasteiger partial charge in [0, 0.05) is 31.0 Å². The number of likely N-dealkylation sites (tertiary alicyclic amines) is 1. The first-order chi connectivity index (χ1) is 12.7. The Morgan fingerprint density at radius 1 is 1.12 bits per heavy atom. The molecule has 9 heteroatoms. The number of anilines is 3. The standard InChI is InChI=1S/C17H24N8O/c18-14-15(20-8-11-25-9-2-1-3-10-25)21-12-22-16(14)23-24-17(26)13-4-6-19-7-5-13/h4-7,12H,1-3,8-11,18H2,(H,24,26)(H2,20,21,22,23). The summed E-state index contributed by atoms with van der Waals surface area (Å²) in [5, 5.41) is 3.24. The fourth-order valence-corrected chi connectivity index (χ4v) is 2.84. The molecular formula is C17H24N8O. The summed E-state index contributed by atoms with van der Waals surface area (Å²) in [5.74, 6) is 0.602. The highest BCUT2D eigenvalue weighted by Crippen LogP contribution is 2.21. The Balaban J connectivity index is 1.52. The van der Waals surface area contributed by atoms with E-state index in [1.54, 1.807) is 24.5 Å². The van der Waals surface area contributed by atoms with Crippen molar-refractivity contribution >= 4 is 23.2 Å². The molecule has 0 bridgehead atoms. The summed E-state index contributed by atoms with van der Waals surface area (Å²) >= 11 is 0. The molecule has 1 amide bonds. The van der Waals surface area contributed by atoms with Crippen molar-refractivity contribution in [3.05, 3.63) is 36.4 Å². The van der Waals surface area contributed by atoms with Crippen molar-refractivity contribution in [3.8, 4) is 0 Å². The number of nitrogen functional groups attached to an aromatic ring is 1. The zero-order valence-corrected chi connectivity index (χ0v) is 14.6. The average Bonchev–Trinajstić information content (AvgIpc) is 2.69. The van der Waals surface area contributed by atoms with E-state index < -0.39 is 0 Å². The van der Waals surface area contributed by atoms with Crippen molar-refractivity contribution in [1.82, 2.24) is 25.3 Å². The number of aromatic nitrogens is 3. The number of pyridine rings is 1. The molecule has 0 spiro atoms. The molecule has 1 aliphatic rings. The number of hydrogen-bond donors (Lipinski definition) is 4. The van der Waals surface area contributed by atoms with Gasteiger partial charge in [-0.05, 0) is 38.1 Å². The van der Waals surface area contributed by atoms with Crippen LogP contribution in [0, 0.1) is 0 Å². The van der Waals surface area contributed by atoms with E-state index in [1.165, 1.54) is 25.6 Å². The van der Waals surface area contributed by atoms with Crippen LogP contribution in [0.2, 0.25) is 0 Å². The van der Waals surface area contributed by atoms with E-state index >= 15 is 0 Å². The Bertz CT molecular complexity index is 718. The number of nitrogens with one attached hydrogen (secondary N) is 3. The number of amides is 1. The molecule has 5 N–H and O–H groups in total. The Kier molecular flexibility index (Phi) is 6.15. The number of nitrogens with zero attached hydrogens (tertiary/aromatic N) is 4. The lowest BCUT2D eigenvalue weighted by molar-refractivity contribution is 0.0962. The predicted molar refractivity (Wildman–Crippen MR) is 101 cm³/mol. The van der Waals surface area contributed by atoms with Crippen LogP contribution < -0.4 is 21.9 Å². The van der Waals surface area contributed by atoms with Crippen molar-refractivity contribution in [3.63, 3.8) is 0 Å². The van der Waals surface area contributed by atoms with E-state index in [9.17, 15) is 4.79 Å². The topological polar surface area (TPSA) is 121 Å². The minimum atomic E-state index is -0.301. The number of hydrazine groups is 1. The molecule has 138 valence electrons. The number of hydrogen-bond acceptors (Lipinski definition) is 8. The molecule has 26 heavy (non-hydrogen) atoms. The second-order valence-electron chi connectivity index (χ2n) is 6.13. The van der Waals surface area contributed by atoms with Crippen LogP contribution in [0.4, 0.5) is 17.3 Å². The summed E-state index contributed by atoms with van der Waals surface area (Å²) in [4.78, 5) is 26.6. The zero-order valence-electron chi connectivity index (χ0n) is 14.6. The van der Waals surface area contributed by atoms with Gasteiger partial charge in [-0.3, -0.25) is 20.6 Å². The van der Waals surface area contributed by atoms with Crippen molar-refractivity contribution in [2.45, 2.75) is 19.3 Å². The Morgan fingerprint density at radius 3 is 2.62 bits per heavy atom. The quantitative estimate of drug-likeness (QED) is 0.544. The van der Waals surface area contributed by atoms with Gasteiger partial charge in [0.25, 0.3) is 5.91 Å². The molecular weight excluding hydrogens is 332 g/mol. The van der Waals surface area contributed by atoms with Crippen molar-refractivity contribution in [2.24, 2.45) is 0 Å². The SMILES string of the molecule is Nc1c(NCCN2CCCCC2)ncnc1NNC(=O)c1ccncc1. The van der Waals surface area contributed by atoms with Crippen molar-refractivity contribution in [2.75, 3.05) is 42.7 Å². The summed E-state index contributed by atoms with van der Waals surface area (Å²) in [7, 11) is 0. The highest BCUT2D eigenvalue weighted by Gasteiger charge is 2.12. The van der Waals surface area contributed by atoms with Gasteiger partial charge in [0.15, 0.2) is 11.6 Å². The third-order valence-electron chi connectivity index (χ3n) is 4.29. The molecule has 1 fully saturated rings. The molecule has 9 nitrogen and oxygen atoms in total. The maximum Gasteiger partial charge on any atom is 0.269 e. The number of piperidine rings is 1. The van der Waals surface area contributed by atoms with E-state index in [2.05, 4.69) is 36.0 Å². The number of carbonyl (C=O) groups is 1. The smallest absolute Gasteiger partial charge is 0.269 e. The van der Waals surface area contributed by atoms with E-state index in [0.29, 0.717) is 22.9 Å². The van der Waals surface area contributed by atoms with Gasteiger partial charge < -0.3 is 16.0 Å². The molecule has 0 unspecified atom stereocenters. The third kappa shape index (κ3) is 4.79. The number of carbonyl (C=O) groups excluding carboxylic acids is 1. The van der Waals surface area contributed by atoms with Gasteiger partial charge in [-0.15, -0.1) is 0 Å². The Labute approximate surface area is 152 Å². The van der Waals surface area contributed by atoms with Gasteiger partial charge in [0.2, 0.25) is 0 Å². The minimum absolute atomic E-state index is 0.301. The summed E-state index contributed by atoms with van der Waals surface area (Å²) in [6, 6.07) is 3.24. The fourth-order valence-electron chi connectivity index (χ4n) is 2.84. The van der Waals surface area contributed by atoms with Crippen molar-refractivity contribution < 1.29 is 4.79 Å². The van der Waals surface area contributed by atoms with Gasteiger partial charge in [-0.25, -0.2) is 9.97 Å². The monoisotopic (exact) mass is 356 g/mol. The second-order valence-corrected chi connectivity index (χ2v) is 6.13. The van der Waals surface area contributed by atoms with Crippen LogP contribution in [-0.2, 0) is 0 Å². The summed E-state index contributed by atoms with van der Waals surface area (Å²) in [5.41, 5.74) is 12.3. The van der Waals surface area contributed by atoms with Crippen LogP contribution in [0.25, 0.3) is 0 Å². The Morgan fingerprint density at radius 2 is 1.85 bits per heavy atom. The molecule has 0 atom stereocenters. The fraction of sp³-hybridized carbons (Fsp3) is 0.412. The van der Waals surface area contributed by atoms with E-state index in [-0.39, 0.29) is 5.91 Å². The lowest BCUT2D eigenvalue weighted by Gasteiger charge is -2.26. The Hall–Kier alpha value is -2.94. The normalized spacial score (nSPS) is 14.6. The first kappa shape index (κ1) is 17.9. The largest absolute Gasteiger partial charge is 0.393 e. The first-order valence-corrected chi connectivity index (χ1v) is 8.77. The highest BCUT2D eigenvalue weighted by atomic mass is 16.2. The van der Waals surface area contributed by atoms with Crippen LogP contribution in [0.3, 0.4) is 0 Å². The summed E-state index contributed by atoms with van der Waals surface area (Å²) < 4.78 is 0. The zero-order chi connectivity index (χ0) is 18.2. The van der Waals surface area contributed by atoms with Gasteiger partial charge in [-0.1, -0.05) is 6.42 Å². The molecule has 2 aromatic heterocycles. The van der Waals surface area contributed by atoms with Crippen LogP contribution in [0.15, 0.2) is 30.9 Å². The average molecular weight is 356 g/mol. The van der Waals surface area contributed by atoms with E-state index in [0.717, 1.165) is 26.2 Å². The molecule has 3 rings (SSSR count).